The van der Waals surface area contributed by atoms with E-state index in [1.807, 2.05) is 18.2 Å². The molecule has 1 aliphatic heterocycles. The van der Waals surface area contributed by atoms with Crippen molar-refractivity contribution in [1.82, 2.24) is 4.98 Å². The lowest BCUT2D eigenvalue weighted by Gasteiger charge is -2.27. The number of rotatable bonds is 3. The van der Waals surface area contributed by atoms with Crippen molar-refractivity contribution in [3.8, 4) is 0 Å². The molecule has 0 saturated carbocycles. The average Bonchev–Trinajstić information content (AvgIpc) is 2.85. The molecule has 1 N–H and O–H groups in total. The molecule has 1 aliphatic rings. The first kappa shape index (κ1) is 19.6. The summed E-state index contributed by atoms with van der Waals surface area (Å²) in [5.41, 5.74) is 2.89. The van der Waals surface area contributed by atoms with Crippen LogP contribution in [0.3, 0.4) is 0 Å². The van der Waals surface area contributed by atoms with Crippen LogP contribution in [0.1, 0.15) is 29.4 Å². The second-order valence-corrected chi connectivity index (χ2v) is 7.29. The van der Waals surface area contributed by atoms with Gasteiger partial charge in [0.15, 0.2) is 6.61 Å². The van der Waals surface area contributed by atoms with Gasteiger partial charge in [0.1, 0.15) is 0 Å². The molecule has 2 aromatic carbocycles. The molecule has 0 radical (unpaired) electrons. The predicted molar refractivity (Wildman–Crippen MR) is 113 cm³/mol. The maximum atomic E-state index is 13.0. The van der Waals surface area contributed by atoms with Gasteiger partial charge >= 0.3 is 5.97 Å². The molecule has 3 aromatic rings. The van der Waals surface area contributed by atoms with E-state index < -0.39 is 18.5 Å². The van der Waals surface area contributed by atoms with Gasteiger partial charge < -0.3 is 15.0 Å². The number of esters is 1. The number of carbonyl (C=O) groups is 3. The Hall–Kier alpha value is -3.74. The number of carbonyl (C=O) groups excluding carboxylic acids is 3. The van der Waals surface area contributed by atoms with Gasteiger partial charge in [0.2, 0.25) is 5.91 Å². The van der Waals surface area contributed by atoms with Gasteiger partial charge in [-0.25, -0.2) is 4.79 Å². The van der Waals surface area contributed by atoms with E-state index in [1.165, 1.54) is 4.90 Å². The van der Waals surface area contributed by atoms with E-state index in [9.17, 15) is 14.4 Å². The number of benzene rings is 2. The molecule has 30 heavy (non-hydrogen) atoms. The summed E-state index contributed by atoms with van der Waals surface area (Å²) >= 11 is 0. The molecule has 0 unspecified atom stereocenters. The molecule has 1 aromatic heterocycles. The predicted octanol–water partition coefficient (Wildman–Crippen LogP) is 3.46. The Morgan fingerprint density at radius 2 is 1.90 bits per heavy atom. The van der Waals surface area contributed by atoms with Crippen molar-refractivity contribution in [2.45, 2.75) is 26.3 Å². The number of hydrogen-bond donors (Lipinski definition) is 1. The first-order chi connectivity index (χ1) is 14.4. The van der Waals surface area contributed by atoms with E-state index in [1.54, 1.807) is 50.2 Å². The number of anilines is 2. The van der Waals surface area contributed by atoms with Crippen LogP contribution < -0.4 is 10.2 Å². The lowest BCUT2D eigenvalue weighted by atomic mass is 10.1. The Balaban J connectivity index is 1.57. The summed E-state index contributed by atoms with van der Waals surface area (Å²) in [7, 11) is 0. The van der Waals surface area contributed by atoms with Gasteiger partial charge in [-0.05, 0) is 38.1 Å². The number of aryl methyl sites for hydroxylation is 1. The fourth-order valence-electron chi connectivity index (χ4n) is 3.72. The number of aromatic nitrogens is 1. The van der Waals surface area contributed by atoms with Crippen LogP contribution >= 0.6 is 0 Å². The highest BCUT2D eigenvalue weighted by Gasteiger charge is 2.30. The van der Waals surface area contributed by atoms with Crippen LogP contribution in [-0.4, -0.2) is 35.4 Å². The van der Waals surface area contributed by atoms with E-state index in [-0.39, 0.29) is 18.4 Å². The maximum absolute atomic E-state index is 13.0. The second-order valence-electron chi connectivity index (χ2n) is 7.29. The summed E-state index contributed by atoms with van der Waals surface area (Å²) in [6.45, 7) is 3.16. The molecule has 2 amide bonds. The number of ether oxygens (including phenoxy) is 1. The number of para-hydroxylation sites is 3. The van der Waals surface area contributed by atoms with Crippen molar-refractivity contribution >= 4 is 40.1 Å². The van der Waals surface area contributed by atoms with Gasteiger partial charge in [0.25, 0.3) is 5.91 Å². The van der Waals surface area contributed by atoms with Crippen molar-refractivity contribution < 1.29 is 19.1 Å². The van der Waals surface area contributed by atoms with Crippen molar-refractivity contribution in [3.05, 3.63) is 65.9 Å². The molecule has 2 heterocycles. The summed E-state index contributed by atoms with van der Waals surface area (Å²) in [5.74, 6) is -1.15. The van der Waals surface area contributed by atoms with Gasteiger partial charge in [-0.15, -0.1) is 0 Å². The summed E-state index contributed by atoms with van der Waals surface area (Å²) in [4.78, 5) is 43.8. The fraction of sp³-hybridized carbons (Fsp3) is 0.217. The molecule has 7 heteroatoms. The monoisotopic (exact) mass is 403 g/mol. The van der Waals surface area contributed by atoms with E-state index >= 15 is 0 Å². The third-order valence-electron chi connectivity index (χ3n) is 5.02. The van der Waals surface area contributed by atoms with Gasteiger partial charge in [0, 0.05) is 23.5 Å². The highest BCUT2D eigenvalue weighted by molar-refractivity contribution is 6.07. The van der Waals surface area contributed by atoms with Crippen LogP contribution in [0.4, 0.5) is 11.4 Å². The molecule has 0 saturated heterocycles. The fourth-order valence-corrected chi connectivity index (χ4v) is 3.72. The van der Waals surface area contributed by atoms with Crippen molar-refractivity contribution in [3.63, 3.8) is 0 Å². The Labute approximate surface area is 173 Å². The molecule has 0 aliphatic carbocycles. The number of nitrogens with one attached hydrogen (secondary N) is 1. The quantitative estimate of drug-likeness (QED) is 0.677. The van der Waals surface area contributed by atoms with Crippen molar-refractivity contribution in [2.75, 3.05) is 16.8 Å². The van der Waals surface area contributed by atoms with E-state index in [0.29, 0.717) is 33.5 Å². The van der Waals surface area contributed by atoms with Gasteiger partial charge in [-0.1, -0.05) is 30.3 Å². The Morgan fingerprint density at radius 3 is 2.73 bits per heavy atom. The van der Waals surface area contributed by atoms with Crippen LogP contribution in [-0.2, 0) is 14.3 Å². The normalized spacial score (nSPS) is 15.9. The number of amides is 2. The topological polar surface area (TPSA) is 88.6 Å². The van der Waals surface area contributed by atoms with Crippen LogP contribution in [0.15, 0.2) is 54.6 Å². The van der Waals surface area contributed by atoms with Gasteiger partial charge in [-0.3, -0.25) is 14.6 Å². The van der Waals surface area contributed by atoms with Crippen LogP contribution in [0.5, 0.6) is 0 Å². The zero-order valence-electron chi connectivity index (χ0n) is 16.7. The zero-order valence-corrected chi connectivity index (χ0v) is 16.7. The smallest absolute Gasteiger partial charge is 0.339 e. The molecule has 7 nitrogen and oxygen atoms in total. The van der Waals surface area contributed by atoms with E-state index in [4.69, 9.17) is 4.74 Å². The lowest BCUT2D eigenvalue weighted by molar-refractivity contribution is -0.122. The summed E-state index contributed by atoms with van der Waals surface area (Å²) in [6.07, 6.45) is 0.155. The molecular weight excluding hydrogens is 382 g/mol. The minimum absolute atomic E-state index is 0.155. The number of pyridine rings is 1. The largest absolute Gasteiger partial charge is 0.452 e. The van der Waals surface area contributed by atoms with Crippen molar-refractivity contribution in [2.24, 2.45) is 0 Å². The SMILES string of the molecule is Cc1cc(C(=O)OCC(=O)N2c3ccccc3NC(=O)C[C@@H]2C)c2ccccc2n1. The zero-order chi connectivity index (χ0) is 21.3. The maximum Gasteiger partial charge on any atom is 0.339 e. The highest BCUT2D eigenvalue weighted by atomic mass is 16.5. The number of fused-ring (bicyclic) bond motifs is 2. The first-order valence-corrected chi connectivity index (χ1v) is 9.68. The van der Waals surface area contributed by atoms with E-state index in [0.717, 1.165) is 0 Å². The van der Waals surface area contributed by atoms with Crippen LogP contribution in [0, 0.1) is 6.92 Å². The standard InChI is InChI=1S/C23H21N3O4/c1-14-11-17(16-7-3-4-8-18(16)24-14)23(29)30-13-22(28)26-15(2)12-21(27)25-19-9-5-6-10-20(19)26/h3-11,15H,12-13H2,1-2H3,(H,25,27)/t15-/m0/s1. The molecule has 0 fully saturated rings. The molecule has 152 valence electrons. The highest BCUT2D eigenvalue weighted by Crippen LogP contribution is 2.31. The third kappa shape index (κ3) is 3.74. The van der Waals surface area contributed by atoms with E-state index in [2.05, 4.69) is 10.3 Å². The van der Waals surface area contributed by atoms with Crippen LogP contribution in [0.25, 0.3) is 10.9 Å². The first-order valence-electron chi connectivity index (χ1n) is 9.68. The molecule has 0 spiro atoms. The molecule has 0 bridgehead atoms. The Morgan fingerprint density at radius 1 is 1.17 bits per heavy atom. The summed E-state index contributed by atoms with van der Waals surface area (Å²) < 4.78 is 5.37. The molecule has 1 atom stereocenters. The molecule has 4 rings (SSSR count). The number of nitrogens with zero attached hydrogens (tertiary/aromatic N) is 2. The molecular formula is C23H21N3O4. The Bertz CT molecular complexity index is 1160. The lowest BCUT2D eigenvalue weighted by Crippen LogP contribution is -2.41. The Kier molecular flexibility index (Phi) is 5.18. The van der Waals surface area contributed by atoms with Crippen LogP contribution in [0.2, 0.25) is 0 Å². The van der Waals surface area contributed by atoms with Crippen molar-refractivity contribution in [1.29, 1.82) is 0 Å². The van der Waals surface area contributed by atoms with Gasteiger partial charge in [-0.2, -0.15) is 0 Å². The minimum Gasteiger partial charge on any atom is -0.452 e. The minimum atomic E-state index is -0.588. The third-order valence-corrected chi connectivity index (χ3v) is 5.02. The van der Waals surface area contributed by atoms with Gasteiger partial charge in [0.05, 0.1) is 22.5 Å². The summed E-state index contributed by atoms with van der Waals surface area (Å²) in [6, 6.07) is 15.7. The second kappa shape index (κ2) is 7.94. The number of hydrogen-bond acceptors (Lipinski definition) is 5. The average molecular weight is 403 g/mol. The summed E-state index contributed by atoms with van der Waals surface area (Å²) in [5, 5.41) is 3.48.